The van der Waals surface area contributed by atoms with Crippen LogP contribution in [0.1, 0.15) is 10.4 Å². The average Bonchev–Trinajstić information content (AvgIpc) is 2.66. The van der Waals surface area contributed by atoms with Crippen LogP contribution in [0.25, 0.3) is 11.0 Å². The number of aromatic nitrogens is 2. The van der Waals surface area contributed by atoms with Gasteiger partial charge < -0.3 is 14.8 Å². The summed E-state index contributed by atoms with van der Waals surface area (Å²) in [4.78, 5) is 32.4. The van der Waals surface area contributed by atoms with Gasteiger partial charge in [0.15, 0.2) is 6.61 Å². The molecule has 1 amide bonds. The van der Waals surface area contributed by atoms with Crippen molar-refractivity contribution in [3.8, 4) is 5.75 Å². The molecular weight excluding hydrogens is 322 g/mol. The fourth-order valence-corrected chi connectivity index (χ4v) is 2.24. The summed E-state index contributed by atoms with van der Waals surface area (Å²) in [5.74, 6) is -0.387. The Balaban J connectivity index is 1.62. The van der Waals surface area contributed by atoms with Crippen LogP contribution >= 0.6 is 0 Å². The molecule has 0 bridgehead atoms. The van der Waals surface area contributed by atoms with Gasteiger partial charge in [0, 0.05) is 18.1 Å². The largest absolute Gasteiger partial charge is 0.497 e. The third kappa shape index (κ3) is 3.89. The third-order valence-electron chi connectivity index (χ3n) is 3.43. The zero-order valence-corrected chi connectivity index (χ0v) is 13.4. The Morgan fingerprint density at radius 2 is 1.80 bits per heavy atom. The lowest BCUT2D eigenvalue weighted by molar-refractivity contribution is -0.119. The monoisotopic (exact) mass is 337 g/mol. The van der Waals surface area contributed by atoms with E-state index >= 15 is 0 Å². The van der Waals surface area contributed by atoms with Crippen LogP contribution in [0.5, 0.6) is 5.75 Å². The van der Waals surface area contributed by atoms with Crippen molar-refractivity contribution in [2.45, 2.75) is 0 Å². The van der Waals surface area contributed by atoms with Crippen molar-refractivity contribution in [2.24, 2.45) is 0 Å². The Hall–Kier alpha value is -3.48. The number of para-hydroxylation sites is 1. The highest BCUT2D eigenvalue weighted by atomic mass is 16.5. The summed E-state index contributed by atoms with van der Waals surface area (Å²) in [5.41, 5.74) is 1.87. The van der Waals surface area contributed by atoms with E-state index in [1.165, 1.54) is 6.20 Å². The maximum Gasteiger partial charge on any atom is 0.340 e. The fraction of sp³-hybridized carbons (Fsp3) is 0.111. The normalized spacial score (nSPS) is 10.3. The SMILES string of the molecule is COc1ccc(NC(=O)COC(=O)c2cccc3nccnc23)cc1. The number of carbonyl (C=O) groups is 2. The average molecular weight is 337 g/mol. The molecule has 2 aromatic carbocycles. The van der Waals surface area contributed by atoms with E-state index in [0.29, 0.717) is 22.5 Å². The highest BCUT2D eigenvalue weighted by Gasteiger charge is 2.14. The van der Waals surface area contributed by atoms with E-state index < -0.39 is 18.5 Å². The van der Waals surface area contributed by atoms with Crippen molar-refractivity contribution in [2.75, 3.05) is 19.0 Å². The zero-order chi connectivity index (χ0) is 17.6. The highest BCUT2D eigenvalue weighted by Crippen LogP contribution is 2.16. The van der Waals surface area contributed by atoms with E-state index in [9.17, 15) is 9.59 Å². The Kier molecular flexibility index (Phi) is 4.84. The number of fused-ring (bicyclic) bond motifs is 1. The van der Waals surface area contributed by atoms with Crippen LogP contribution in [0.2, 0.25) is 0 Å². The van der Waals surface area contributed by atoms with Gasteiger partial charge in [-0.3, -0.25) is 14.8 Å². The van der Waals surface area contributed by atoms with E-state index in [0.717, 1.165) is 0 Å². The number of rotatable bonds is 5. The minimum atomic E-state index is -0.629. The molecule has 0 aliphatic heterocycles. The van der Waals surface area contributed by atoms with E-state index in [2.05, 4.69) is 15.3 Å². The van der Waals surface area contributed by atoms with Crippen molar-refractivity contribution in [3.63, 3.8) is 0 Å². The molecule has 0 saturated heterocycles. The molecule has 0 fully saturated rings. The van der Waals surface area contributed by atoms with Crippen molar-refractivity contribution < 1.29 is 19.1 Å². The maximum absolute atomic E-state index is 12.2. The van der Waals surface area contributed by atoms with Crippen molar-refractivity contribution >= 4 is 28.6 Å². The number of nitrogens with zero attached hydrogens (tertiary/aromatic N) is 2. The number of benzene rings is 2. The van der Waals surface area contributed by atoms with Crippen LogP contribution in [-0.2, 0) is 9.53 Å². The smallest absolute Gasteiger partial charge is 0.340 e. The molecule has 0 aliphatic rings. The van der Waals surface area contributed by atoms with Crippen LogP contribution in [-0.4, -0.2) is 35.6 Å². The summed E-state index contributed by atoms with van der Waals surface area (Å²) < 4.78 is 10.1. The summed E-state index contributed by atoms with van der Waals surface area (Å²) >= 11 is 0. The second-order valence-electron chi connectivity index (χ2n) is 5.08. The zero-order valence-electron chi connectivity index (χ0n) is 13.4. The predicted molar refractivity (Wildman–Crippen MR) is 91.4 cm³/mol. The molecule has 3 aromatic rings. The summed E-state index contributed by atoms with van der Waals surface area (Å²) in [5, 5.41) is 2.64. The molecule has 0 aliphatic carbocycles. The topological polar surface area (TPSA) is 90.4 Å². The number of methoxy groups -OCH3 is 1. The lowest BCUT2D eigenvalue weighted by atomic mass is 10.2. The first-order valence-corrected chi connectivity index (χ1v) is 7.48. The molecule has 1 N–H and O–H groups in total. The number of anilines is 1. The summed E-state index contributed by atoms with van der Waals surface area (Å²) in [6.45, 7) is -0.401. The number of carbonyl (C=O) groups excluding carboxylic acids is 2. The molecule has 126 valence electrons. The lowest BCUT2D eigenvalue weighted by Gasteiger charge is -2.08. The summed E-state index contributed by atoms with van der Waals surface area (Å²) in [7, 11) is 1.56. The quantitative estimate of drug-likeness (QED) is 0.719. The Labute approximate surface area is 143 Å². The van der Waals surface area contributed by atoms with Crippen LogP contribution in [0.4, 0.5) is 5.69 Å². The summed E-state index contributed by atoms with van der Waals surface area (Å²) in [6.07, 6.45) is 3.04. The standard InChI is InChI=1S/C18H15N3O4/c1-24-13-7-5-12(6-8-13)21-16(22)11-25-18(23)14-3-2-4-15-17(14)20-10-9-19-15/h2-10H,11H2,1H3,(H,21,22). The number of hydrogen-bond acceptors (Lipinski definition) is 6. The third-order valence-corrected chi connectivity index (χ3v) is 3.43. The van der Waals surface area contributed by atoms with E-state index in [1.807, 2.05) is 0 Å². The molecule has 7 heteroatoms. The molecule has 1 heterocycles. The van der Waals surface area contributed by atoms with Crippen molar-refractivity contribution in [1.29, 1.82) is 0 Å². The Morgan fingerprint density at radius 3 is 2.56 bits per heavy atom. The lowest BCUT2D eigenvalue weighted by Crippen LogP contribution is -2.21. The van der Waals surface area contributed by atoms with Gasteiger partial charge >= 0.3 is 5.97 Å². The maximum atomic E-state index is 12.2. The molecule has 0 radical (unpaired) electrons. The number of nitrogens with one attached hydrogen (secondary N) is 1. The van der Waals surface area contributed by atoms with Gasteiger partial charge in [0.1, 0.15) is 11.3 Å². The van der Waals surface area contributed by atoms with Crippen LogP contribution in [0.15, 0.2) is 54.9 Å². The Bertz CT molecular complexity index is 904. The molecular formula is C18H15N3O4. The number of amides is 1. The van der Waals surface area contributed by atoms with Gasteiger partial charge in [0.25, 0.3) is 5.91 Å². The molecule has 1 aromatic heterocycles. The van der Waals surface area contributed by atoms with Gasteiger partial charge in [-0.15, -0.1) is 0 Å². The van der Waals surface area contributed by atoms with Crippen LogP contribution in [0.3, 0.4) is 0 Å². The molecule has 3 rings (SSSR count). The van der Waals surface area contributed by atoms with Gasteiger partial charge in [-0.2, -0.15) is 0 Å². The number of hydrogen-bond donors (Lipinski definition) is 1. The number of ether oxygens (including phenoxy) is 2. The van der Waals surface area contributed by atoms with Gasteiger partial charge in [-0.25, -0.2) is 4.79 Å². The molecule has 0 spiro atoms. The van der Waals surface area contributed by atoms with Crippen molar-refractivity contribution in [3.05, 3.63) is 60.4 Å². The molecule has 0 saturated carbocycles. The molecule has 0 atom stereocenters. The molecule has 25 heavy (non-hydrogen) atoms. The first-order chi connectivity index (χ1) is 12.2. The minimum absolute atomic E-state index is 0.267. The second-order valence-corrected chi connectivity index (χ2v) is 5.08. The minimum Gasteiger partial charge on any atom is -0.497 e. The first-order valence-electron chi connectivity index (χ1n) is 7.48. The van der Waals surface area contributed by atoms with Gasteiger partial charge in [-0.05, 0) is 36.4 Å². The first kappa shape index (κ1) is 16.4. The predicted octanol–water partition coefficient (Wildman–Crippen LogP) is 2.43. The fourth-order valence-electron chi connectivity index (χ4n) is 2.24. The van der Waals surface area contributed by atoms with Gasteiger partial charge in [0.05, 0.1) is 18.2 Å². The number of esters is 1. The van der Waals surface area contributed by atoms with Crippen molar-refractivity contribution in [1.82, 2.24) is 9.97 Å². The van der Waals surface area contributed by atoms with Crippen LogP contribution in [0, 0.1) is 0 Å². The van der Waals surface area contributed by atoms with Gasteiger partial charge in [0.2, 0.25) is 0 Å². The van der Waals surface area contributed by atoms with E-state index in [1.54, 1.807) is 55.8 Å². The second kappa shape index (κ2) is 7.39. The highest BCUT2D eigenvalue weighted by molar-refractivity contribution is 6.02. The molecule has 0 unspecified atom stereocenters. The van der Waals surface area contributed by atoms with E-state index in [4.69, 9.17) is 9.47 Å². The summed E-state index contributed by atoms with van der Waals surface area (Å²) in [6, 6.07) is 11.8. The van der Waals surface area contributed by atoms with Crippen LogP contribution < -0.4 is 10.1 Å². The Morgan fingerprint density at radius 1 is 1.04 bits per heavy atom. The van der Waals surface area contributed by atoms with Gasteiger partial charge in [-0.1, -0.05) is 6.07 Å². The van der Waals surface area contributed by atoms with E-state index in [-0.39, 0.29) is 5.56 Å². The molecule has 7 nitrogen and oxygen atoms in total.